The van der Waals surface area contributed by atoms with E-state index < -0.39 is 11.6 Å². The number of ether oxygens (including phenoxy) is 2. The zero-order valence-corrected chi connectivity index (χ0v) is 27.6. The average molecular weight is 654 g/mol. The van der Waals surface area contributed by atoms with E-state index in [2.05, 4.69) is 59.4 Å². The van der Waals surface area contributed by atoms with Crippen molar-refractivity contribution in [2.24, 2.45) is 4.99 Å². The molecular formula is C42H43N3O4. The molecule has 0 fully saturated rings. The van der Waals surface area contributed by atoms with Crippen molar-refractivity contribution in [3.05, 3.63) is 162 Å². The van der Waals surface area contributed by atoms with E-state index in [0.717, 1.165) is 47.1 Å². The van der Waals surface area contributed by atoms with Crippen LogP contribution >= 0.6 is 0 Å². The third-order valence-electron chi connectivity index (χ3n) is 8.73. The predicted molar refractivity (Wildman–Crippen MR) is 194 cm³/mol. The van der Waals surface area contributed by atoms with Crippen LogP contribution in [0.1, 0.15) is 47.6 Å². The third-order valence-corrected chi connectivity index (χ3v) is 8.73. The number of amides is 1. The van der Waals surface area contributed by atoms with Crippen molar-refractivity contribution in [1.82, 2.24) is 10.9 Å². The SMILES string of the molecule is O=C(NNCCCCc1ccccc1)[C@@]1(Cc2ccccc2)N=C(c2ccc(OCCCO)cc2)O[C@H]1c1ccc(-c2ccccc2)cc1. The van der Waals surface area contributed by atoms with E-state index in [1.807, 2.05) is 91.0 Å². The van der Waals surface area contributed by atoms with Crippen LogP contribution in [0.15, 0.2) is 145 Å². The minimum absolute atomic E-state index is 0.0740. The maximum Gasteiger partial charge on any atom is 0.266 e. The van der Waals surface area contributed by atoms with E-state index in [0.29, 0.717) is 37.6 Å². The zero-order chi connectivity index (χ0) is 33.7. The molecule has 7 heteroatoms. The summed E-state index contributed by atoms with van der Waals surface area (Å²) in [5.74, 6) is 0.831. The predicted octanol–water partition coefficient (Wildman–Crippen LogP) is 7.26. The minimum Gasteiger partial charge on any atom is -0.494 e. The number of unbranched alkanes of at least 4 members (excludes halogenated alkanes) is 1. The Bertz CT molecular complexity index is 1780. The van der Waals surface area contributed by atoms with Crippen LogP contribution in [0.2, 0.25) is 0 Å². The molecule has 0 radical (unpaired) electrons. The van der Waals surface area contributed by atoms with Gasteiger partial charge in [-0.2, -0.15) is 0 Å². The molecule has 0 saturated heterocycles. The number of aliphatic imine (C=N–C) groups is 1. The van der Waals surface area contributed by atoms with E-state index >= 15 is 0 Å². The largest absolute Gasteiger partial charge is 0.494 e. The van der Waals surface area contributed by atoms with Gasteiger partial charge in [0.2, 0.25) is 5.90 Å². The summed E-state index contributed by atoms with van der Waals surface area (Å²) in [4.78, 5) is 19.6. The molecule has 49 heavy (non-hydrogen) atoms. The van der Waals surface area contributed by atoms with Gasteiger partial charge in [-0.3, -0.25) is 10.2 Å². The number of nitrogens with one attached hydrogen (secondary N) is 2. The number of rotatable bonds is 16. The van der Waals surface area contributed by atoms with Crippen LogP contribution in [-0.4, -0.2) is 42.2 Å². The average Bonchev–Trinajstić information content (AvgIpc) is 3.55. The summed E-state index contributed by atoms with van der Waals surface area (Å²) in [7, 11) is 0. The van der Waals surface area contributed by atoms with E-state index in [4.69, 9.17) is 19.6 Å². The molecular weight excluding hydrogens is 610 g/mol. The van der Waals surface area contributed by atoms with Gasteiger partial charge in [-0.15, -0.1) is 0 Å². The van der Waals surface area contributed by atoms with Gasteiger partial charge in [0.1, 0.15) is 5.75 Å². The Kier molecular flexibility index (Phi) is 11.5. The molecule has 1 aliphatic rings. The molecule has 0 aliphatic carbocycles. The Hall–Kier alpha value is -5.24. The lowest BCUT2D eigenvalue weighted by Gasteiger charge is -2.31. The minimum atomic E-state index is -1.29. The van der Waals surface area contributed by atoms with Crippen LogP contribution in [0.4, 0.5) is 0 Å². The van der Waals surface area contributed by atoms with Crippen LogP contribution < -0.4 is 15.6 Å². The smallest absolute Gasteiger partial charge is 0.266 e. The van der Waals surface area contributed by atoms with Crippen LogP contribution in [-0.2, 0) is 22.4 Å². The van der Waals surface area contributed by atoms with Crippen molar-refractivity contribution in [2.45, 2.75) is 43.7 Å². The van der Waals surface area contributed by atoms with Gasteiger partial charge in [0.15, 0.2) is 11.6 Å². The molecule has 0 bridgehead atoms. The molecule has 1 aliphatic heterocycles. The van der Waals surface area contributed by atoms with E-state index in [1.165, 1.54) is 5.56 Å². The highest BCUT2D eigenvalue weighted by Gasteiger charge is 2.53. The van der Waals surface area contributed by atoms with Gasteiger partial charge in [-0.05, 0) is 71.3 Å². The molecule has 0 saturated carbocycles. The van der Waals surface area contributed by atoms with Crippen LogP contribution in [0, 0.1) is 0 Å². The molecule has 6 rings (SSSR count). The fourth-order valence-electron chi connectivity index (χ4n) is 6.11. The van der Waals surface area contributed by atoms with Crippen molar-refractivity contribution in [1.29, 1.82) is 0 Å². The summed E-state index contributed by atoms with van der Waals surface area (Å²) in [6.45, 7) is 1.13. The number of nitrogens with zero attached hydrogens (tertiary/aromatic N) is 1. The van der Waals surface area contributed by atoms with Crippen molar-refractivity contribution in [3.63, 3.8) is 0 Å². The molecule has 1 amide bonds. The molecule has 1 heterocycles. The number of carbonyl (C=O) groups excluding carboxylic acids is 1. The Morgan fingerprint density at radius 3 is 2.00 bits per heavy atom. The Labute approximate surface area is 288 Å². The topological polar surface area (TPSA) is 92.2 Å². The molecule has 5 aromatic rings. The lowest BCUT2D eigenvalue weighted by Crippen LogP contribution is -2.54. The summed E-state index contributed by atoms with van der Waals surface area (Å²) >= 11 is 0. The van der Waals surface area contributed by atoms with E-state index in [9.17, 15) is 4.79 Å². The second-order valence-corrected chi connectivity index (χ2v) is 12.3. The molecule has 3 N–H and O–H groups in total. The Balaban J connectivity index is 1.28. The molecule has 250 valence electrons. The number of aliphatic hydroxyl groups excluding tert-OH is 1. The first kappa shape index (κ1) is 33.7. The number of hydrogen-bond acceptors (Lipinski definition) is 6. The first-order valence-corrected chi connectivity index (χ1v) is 17.0. The third kappa shape index (κ3) is 8.62. The number of aliphatic hydroxyl groups is 1. The number of carbonyl (C=O) groups is 1. The summed E-state index contributed by atoms with van der Waals surface area (Å²) in [5, 5.41) is 9.11. The highest BCUT2D eigenvalue weighted by molar-refractivity contribution is 6.01. The summed E-state index contributed by atoms with van der Waals surface area (Å²) < 4.78 is 12.5. The Morgan fingerprint density at radius 1 is 0.714 bits per heavy atom. The van der Waals surface area contributed by atoms with Crippen LogP contribution in [0.5, 0.6) is 5.75 Å². The van der Waals surface area contributed by atoms with Gasteiger partial charge in [-0.1, -0.05) is 115 Å². The highest BCUT2D eigenvalue weighted by atomic mass is 16.5. The Morgan fingerprint density at radius 2 is 1.33 bits per heavy atom. The van der Waals surface area contributed by atoms with Crippen molar-refractivity contribution in [3.8, 4) is 16.9 Å². The van der Waals surface area contributed by atoms with Crippen LogP contribution in [0.3, 0.4) is 0 Å². The first-order valence-electron chi connectivity index (χ1n) is 17.0. The van der Waals surface area contributed by atoms with Gasteiger partial charge >= 0.3 is 0 Å². The zero-order valence-electron chi connectivity index (χ0n) is 27.6. The monoisotopic (exact) mass is 653 g/mol. The molecule has 0 spiro atoms. The van der Waals surface area contributed by atoms with Crippen LogP contribution in [0.25, 0.3) is 11.1 Å². The summed E-state index contributed by atoms with van der Waals surface area (Å²) in [6.07, 6.45) is 3.11. The second kappa shape index (κ2) is 16.7. The molecule has 5 aromatic carbocycles. The van der Waals surface area contributed by atoms with Gasteiger partial charge in [0.25, 0.3) is 5.91 Å². The van der Waals surface area contributed by atoms with E-state index in [1.54, 1.807) is 0 Å². The van der Waals surface area contributed by atoms with Crippen molar-refractivity contribution < 1.29 is 19.4 Å². The lowest BCUT2D eigenvalue weighted by atomic mass is 9.82. The second-order valence-electron chi connectivity index (χ2n) is 12.3. The molecule has 2 atom stereocenters. The quantitative estimate of drug-likeness (QED) is 0.0771. The maximum absolute atomic E-state index is 14.5. The fraction of sp³-hybridized carbons (Fsp3) is 0.238. The lowest BCUT2D eigenvalue weighted by molar-refractivity contribution is -0.130. The number of benzene rings is 5. The molecule has 0 aromatic heterocycles. The number of hydrogen-bond donors (Lipinski definition) is 3. The number of aryl methyl sites for hydroxylation is 1. The number of hydrazine groups is 1. The summed E-state index contributed by atoms with van der Waals surface area (Å²) in [6, 6.07) is 46.3. The van der Waals surface area contributed by atoms with Gasteiger partial charge in [0.05, 0.1) is 6.61 Å². The summed E-state index contributed by atoms with van der Waals surface area (Å²) in [5.41, 5.74) is 11.0. The van der Waals surface area contributed by atoms with E-state index in [-0.39, 0.29) is 12.5 Å². The highest BCUT2D eigenvalue weighted by Crippen LogP contribution is 2.43. The van der Waals surface area contributed by atoms with Gasteiger partial charge in [-0.25, -0.2) is 10.4 Å². The normalized spacial score (nSPS) is 16.8. The van der Waals surface area contributed by atoms with Crippen molar-refractivity contribution >= 4 is 11.8 Å². The standard InChI is InChI=1S/C42H43N3O4/c46-29-12-30-48-38-26-24-37(25-27-38)40-44-42(31-33-16-6-2-7-17-33,41(47)45-43-28-11-10-15-32-13-4-1-5-14-32)39(49-40)36-22-20-35(21-23-36)34-18-8-3-9-19-34/h1-9,13-14,16-27,39,43,46H,10-12,15,28-31H2,(H,45,47)/t39-,42-/m0/s1. The fourth-order valence-corrected chi connectivity index (χ4v) is 6.11. The van der Waals surface area contributed by atoms with Gasteiger partial charge < -0.3 is 14.6 Å². The molecule has 0 unspecified atom stereocenters. The molecule has 7 nitrogen and oxygen atoms in total. The maximum atomic E-state index is 14.5. The van der Waals surface area contributed by atoms with Gasteiger partial charge in [0, 0.05) is 31.6 Å². The van der Waals surface area contributed by atoms with Crippen molar-refractivity contribution in [2.75, 3.05) is 19.8 Å². The first-order chi connectivity index (χ1) is 24.1.